The average Bonchev–Trinajstić information content (AvgIpc) is 2.88. The van der Waals surface area contributed by atoms with Crippen molar-refractivity contribution >= 4 is 11.6 Å². The molecule has 1 heterocycles. The minimum absolute atomic E-state index is 0.151. The summed E-state index contributed by atoms with van der Waals surface area (Å²) in [6.45, 7) is 3.71. The molecule has 7 nitrogen and oxygen atoms in total. The second kappa shape index (κ2) is 7.37. The van der Waals surface area contributed by atoms with Crippen LogP contribution >= 0.6 is 0 Å². The molecule has 2 atom stereocenters. The highest BCUT2D eigenvalue weighted by Crippen LogP contribution is 2.25. The summed E-state index contributed by atoms with van der Waals surface area (Å²) >= 11 is 0. The van der Waals surface area contributed by atoms with Crippen molar-refractivity contribution in [3.05, 3.63) is 11.9 Å². The van der Waals surface area contributed by atoms with Gasteiger partial charge < -0.3 is 20.6 Å². The monoisotopic (exact) mass is 281 g/mol. The fourth-order valence-corrected chi connectivity index (χ4v) is 2.40. The van der Waals surface area contributed by atoms with Gasteiger partial charge in [-0.2, -0.15) is 0 Å². The van der Waals surface area contributed by atoms with Crippen molar-refractivity contribution in [3.63, 3.8) is 0 Å². The maximum Gasteiger partial charge on any atom is 0.158 e. The van der Waals surface area contributed by atoms with Gasteiger partial charge in [-0.15, -0.1) is 0 Å². The van der Waals surface area contributed by atoms with Gasteiger partial charge in [-0.3, -0.25) is 0 Å². The van der Waals surface area contributed by atoms with Crippen molar-refractivity contribution in [1.82, 2.24) is 9.97 Å². The largest absolute Gasteiger partial charge is 0.393 e. The molecule has 1 aromatic heterocycles. The number of hydrogen-bond donors (Lipinski definition) is 4. The molecule has 1 fully saturated rings. The number of nitrogens with two attached hydrogens (primary N) is 1. The van der Waals surface area contributed by atoms with Crippen LogP contribution in [0.4, 0.5) is 11.6 Å². The van der Waals surface area contributed by atoms with Gasteiger partial charge in [0.1, 0.15) is 18.2 Å². The maximum atomic E-state index is 9.52. The van der Waals surface area contributed by atoms with Crippen molar-refractivity contribution in [3.8, 4) is 0 Å². The van der Waals surface area contributed by atoms with E-state index < -0.39 is 0 Å². The minimum Gasteiger partial charge on any atom is -0.393 e. The predicted molar refractivity (Wildman–Crippen MR) is 77.0 cm³/mol. The Bertz CT molecular complexity index is 429. The van der Waals surface area contributed by atoms with Crippen LogP contribution in [0.25, 0.3) is 0 Å². The van der Waals surface area contributed by atoms with Crippen LogP contribution in [0.15, 0.2) is 6.07 Å². The number of nitrogen functional groups attached to an aromatic ring is 1. The van der Waals surface area contributed by atoms with Gasteiger partial charge in [-0.25, -0.2) is 15.8 Å². The van der Waals surface area contributed by atoms with Crippen molar-refractivity contribution in [2.24, 2.45) is 11.8 Å². The van der Waals surface area contributed by atoms with E-state index in [0.29, 0.717) is 30.8 Å². The molecule has 0 spiro atoms. The Labute approximate surface area is 118 Å². The fraction of sp³-hybridized carbons (Fsp3) is 0.692. The number of hydrogen-bond acceptors (Lipinski definition) is 7. The molecule has 0 aromatic carbocycles. The highest BCUT2D eigenvalue weighted by molar-refractivity contribution is 5.46. The number of aliphatic hydroxyl groups excluding tert-OH is 1. The summed E-state index contributed by atoms with van der Waals surface area (Å²) in [6, 6.07) is 1.76. The quantitative estimate of drug-likeness (QED) is 0.434. The van der Waals surface area contributed by atoms with Gasteiger partial charge in [0.15, 0.2) is 5.82 Å². The number of aromatic nitrogens is 2. The molecule has 0 saturated heterocycles. The van der Waals surface area contributed by atoms with Gasteiger partial charge in [-0.05, 0) is 32.1 Å². The second-order valence-electron chi connectivity index (χ2n) is 5.05. The summed E-state index contributed by atoms with van der Waals surface area (Å²) in [5, 5.41) is 12.8. The molecule has 112 valence electrons. The van der Waals surface area contributed by atoms with Crippen LogP contribution in [-0.4, -0.2) is 34.3 Å². The van der Waals surface area contributed by atoms with Crippen molar-refractivity contribution in [2.75, 3.05) is 23.9 Å². The first kappa shape index (κ1) is 15.0. The maximum absolute atomic E-state index is 9.52. The van der Waals surface area contributed by atoms with E-state index in [2.05, 4.69) is 20.7 Å². The first-order chi connectivity index (χ1) is 9.71. The standard InChI is InChI=1S/C13H23N5O2/c1-2-20-8-13-16-11(6-12(17-13)18-14)15-7-9-3-4-10(19)5-9/h6,9-10,19H,2-5,7-8,14H2,1H3,(H2,15,16,17,18). The van der Waals surface area contributed by atoms with E-state index in [1.165, 1.54) is 0 Å². The van der Waals surface area contributed by atoms with E-state index in [9.17, 15) is 5.11 Å². The Morgan fingerprint density at radius 2 is 2.20 bits per heavy atom. The molecule has 0 aliphatic heterocycles. The predicted octanol–water partition coefficient (Wildman–Crippen LogP) is 0.872. The van der Waals surface area contributed by atoms with Crippen LogP contribution in [0, 0.1) is 5.92 Å². The Kier molecular flexibility index (Phi) is 5.51. The lowest BCUT2D eigenvalue weighted by atomic mass is 10.1. The summed E-state index contributed by atoms with van der Waals surface area (Å²) in [4.78, 5) is 8.62. The SMILES string of the molecule is CCOCc1nc(NN)cc(NCC2CCC(O)C2)n1. The number of aliphatic hydroxyl groups is 1. The summed E-state index contributed by atoms with van der Waals surface area (Å²) in [5.74, 6) is 7.78. The number of anilines is 2. The Balaban J connectivity index is 1.95. The molecule has 1 aliphatic carbocycles. The molecule has 20 heavy (non-hydrogen) atoms. The lowest BCUT2D eigenvalue weighted by Gasteiger charge is -2.13. The van der Waals surface area contributed by atoms with Crippen LogP contribution in [0.5, 0.6) is 0 Å². The molecule has 1 aromatic rings. The van der Waals surface area contributed by atoms with Crippen LogP contribution in [0.3, 0.4) is 0 Å². The van der Waals surface area contributed by atoms with Gasteiger partial charge in [0, 0.05) is 19.2 Å². The van der Waals surface area contributed by atoms with Gasteiger partial charge in [0.05, 0.1) is 6.10 Å². The highest BCUT2D eigenvalue weighted by atomic mass is 16.5. The van der Waals surface area contributed by atoms with Gasteiger partial charge in [0.2, 0.25) is 0 Å². The average molecular weight is 281 g/mol. The summed E-state index contributed by atoms with van der Waals surface area (Å²) in [6.07, 6.45) is 2.64. The first-order valence-electron chi connectivity index (χ1n) is 7.05. The van der Waals surface area contributed by atoms with E-state index in [-0.39, 0.29) is 6.10 Å². The van der Waals surface area contributed by atoms with Gasteiger partial charge in [0.25, 0.3) is 0 Å². The molecule has 1 saturated carbocycles. The Hall–Kier alpha value is -1.44. The van der Waals surface area contributed by atoms with E-state index in [0.717, 1.165) is 31.6 Å². The molecule has 2 unspecified atom stereocenters. The van der Waals surface area contributed by atoms with Crippen LogP contribution in [0.2, 0.25) is 0 Å². The van der Waals surface area contributed by atoms with Gasteiger partial charge >= 0.3 is 0 Å². The van der Waals surface area contributed by atoms with E-state index in [4.69, 9.17) is 10.6 Å². The zero-order valence-corrected chi connectivity index (χ0v) is 11.8. The summed E-state index contributed by atoms with van der Waals surface area (Å²) < 4.78 is 5.31. The molecule has 1 aliphatic rings. The number of rotatable bonds is 7. The fourth-order valence-electron chi connectivity index (χ4n) is 2.40. The summed E-state index contributed by atoms with van der Waals surface area (Å²) in [7, 11) is 0. The molecule has 0 radical (unpaired) electrons. The minimum atomic E-state index is -0.151. The number of nitrogens with one attached hydrogen (secondary N) is 2. The number of ether oxygens (including phenoxy) is 1. The lowest BCUT2D eigenvalue weighted by molar-refractivity contribution is 0.128. The van der Waals surface area contributed by atoms with Crippen LogP contribution < -0.4 is 16.6 Å². The van der Waals surface area contributed by atoms with Crippen molar-refractivity contribution in [1.29, 1.82) is 0 Å². The molecule has 0 bridgehead atoms. The molecule has 2 rings (SSSR count). The summed E-state index contributed by atoms with van der Waals surface area (Å²) in [5.41, 5.74) is 2.53. The van der Waals surface area contributed by atoms with E-state index >= 15 is 0 Å². The first-order valence-corrected chi connectivity index (χ1v) is 7.05. The normalized spacial score (nSPS) is 21.9. The highest BCUT2D eigenvalue weighted by Gasteiger charge is 2.22. The zero-order valence-electron chi connectivity index (χ0n) is 11.8. The third-order valence-corrected chi connectivity index (χ3v) is 3.44. The second-order valence-corrected chi connectivity index (χ2v) is 5.05. The smallest absolute Gasteiger partial charge is 0.158 e. The van der Waals surface area contributed by atoms with E-state index in [1.807, 2.05) is 6.92 Å². The zero-order chi connectivity index (χ0) is 14.4. The third kappa shape index (κ3) is 4.29. The Morgan fingerprint density at radius 1 is 1.40 bits per heavy atom. The molecule has 7 heteroatoms. The van der Waals surface area contributed by atoms with Crippen molar-refractivity contribution in [2.45, 2.75) is 38.9 Å². The molecule has 0 amide bonds. The van der Waals surface area contributed by atoms with Crippen LogP contribution in [0.1, 0.15) is 32.0 Å². The lowest BCUT2D eigenvalue weighted by Crippen LogP contribution is -2.16. The van der Waals surface area contributed by atoms with Crippen LogP contribution in [-0.2, 0) is 11.3 Å². The van der Waals surface area contributed by atoms with Crippen molar-refractivity contribution < 1.29 is 9.84 Å². The number of nitrogens with zero attached hydrogens (tertiary/aromatic N) is 2. The van der Waals surface area contributed by atoms with Gasteiger partial charge in [-0.1, -0.05) is 0 Å². The third-order valence-electron chi connectivity index (χ3n) is 3.44. The molecule has 5 N–H and O–H groups in total. The molecular weight excluding hydrogens is 258 g/mol. The number of hydrazine groups is 1. The Morgan fingerprint density at radius 3 is 2.85 bits per heavy atom. The van der Waals surface area contributed by atoms with E-state index in [1.54, 1.807) is 6.07 Å². The molecular formula is C13H23N5O2. The topological polar surface area (TPSA) is 105 Å².